The molecule has 0 spiro atoms. The Morgan fingerprint density at radius 2 is 2.31 bits per heavy atom. The SMILES string of the molecule is CCCCNc1ncc(N)cc1C. The number of hydrogen-bond acceptors (Lipinski definition) is 3. The third-order valence-electron chi connectivity index (χ3n) is 1.92. The van der Waals surface area contributed by atoms with Crippen LogP contribution in [0.4, 0.5) is 11.5 Å². The lowest BCUT2D eigenvalue weighted by Crippen LogP contribution is -2.04. The number of aromatic nitrogens is 1. The van der Waals surface area contributed by atoms with E-state index in [2.05, 4.69) is 17.2 Å². The quantitative estimate of drug-likeness (QED) is 0.696. The molecule has 0 aliphatic heterocycles. The van der Waals surface area contributed by atoms with Crippen LogP contribution in [0.15, 0.2) is 12.3 Å². The zero-order valence-electron chi connectivity index (χ0n) is 8.30. The lowest BCUT2D eigenvalue weighted by Gasteiger charge is -2.07. The number of nitrogens with two attached hydrogens (primary N) is 1. The Morgan fingerprint density at radius 1 is 1.54 bits per heavy atom. The second-order valence-corrected chi connectivity index (χ2v) is 3.21. The molecule has 0 aromatic carbocycles. The molecule has 13 heavy (non-hydrogen) atoms. The molecular formula is C10H17N3. The molecule has 0 unspecified atom stereocenters. The normalized spacial score (nSPS) is 10.0. The van der Waals surface area contributed by atoms with E-state index in [4.69, 9.17) is 5.73 Å². The number of unbranched alkanes of at least 4 members (excludes halogenated alkanes) is 1. The van der Waals surface area contributed by atoms with Gasteiger partial charge in [0.25, 0.3) is 0 Å². The van der Waals surface area contributed by atoms with Crippen LogP contribution in [0.5, 0.6) is 0 Å². The first-order valence-corrected chi connectivity index (χ1v) is 4.70. The second-order valence-electron chi connectivity index (χ2n) is 3.21. The molecular weight excluding hydrogens is 162 g/mol. The average molecular weight is 179 g/mol. The molecule has 0 aliphatic rings. The number of nitrogens with zero attached hydrogens (tertiary/aromatic N) is 1. The zero-order valence-corrected chi connectivity index (χ0v) is 8.30. The predicted octanol–water partition coefficient (Wildman–Crippen LogP) is 2.18. The van der Waals surface area contributed by atoms with Gasteiger partial charge in [0.1, 0.15) is 5.82 Å². The highest BCUT2D eigenvalue weighted by atomic mass is 15.0. The Labute approximate surface area is 79.4 Å². The van der Waals surface area contributed by atoms with E-state index in [1.165, 1.54) is 12.8 Å². The number of aryl methyl sites for hydroxylation is 1. The first-order chi connectivity index (χ1) is 6.24. The topological polar surface area (TPSA) is 50.9 Å². The molecule has 0 saturated heterocycles. The van der Waals surface area contributed by atoms with Gasteiger partial charge < -0.3 is 11.1 Å². The molecule has 1 aromatic rings. The zero-order chi connectivity index (χ0) is 9.68. The van der Waals surface area contributed by atoms with Crippen molar-refractivity contribution in [2.24, 2.45) is 0 Å². The lowest BCUT2D eigenvalue weighted by molar-refractivity contribution is 0.830. The average Bonchev–Trinajstić information content (AvgIpc) is 2.09. The summed E-state index contributed by atoms with van der Waals surface area (Å²) in [4.78, 5) is 4.21. The van der Waals surface area contributed by atoms with Crippen molar-refractivity contribution in [3.8, 4) is 0 Å². The Morgan fingerprint density at radius 3 is 2.92 bits per heavy atom. The minimum Gasteiger partial charge on any atom is -0.397 e. The molecule has 1 rings (SSSR count). The fourth-order valence-electron chi connectivity index (χ4n) is 1.17. The van der Waals surface area contributed by atoms with Crippen LogP contribution in [-0.4, -0.2) is 11.5 Å². The van der Waals surface area contributed by atoms with Crippen LogP contribution in [-0.2, 0) is 0 Å². The smallest absolute Gasteiger partial charge is 0.128 e. The van der Waals surface area contributed by atoms with E-state index in [0.29, 0.717) is 0 Å². The van der Waals surface area contributed by atoms with Crippen LogP contribution in [0.3, 0.4) is 0 Å². The van der Waals surface area contributed by atoms with Gasteiger partial charge in [0.15, 0.2) is 0 Å². The summed E-state index contributed by atoms with van der Waals surface area (Å²) in [5.41, 5.74) is 7.42. The maximum Gasteiger partial charge on any atom is 0.128 e. The summed E-state index contributed by atoms with van der Waals surface area (Å²) in [6.07, 6.45) is 4.05. The fourth-order valence-corrected chi connectivity index (χ4v) is 1.17. The monoisotopic (exact) mass is 179 g/mol. The maximum atomic E-state index is 5.59. The number of anilines is 2. The number of nitrogens with one attached hydrogen (secondary N) is 1. The van der Waals surface area contributed by atoms with Crippen molar-refractivity contribution in [3.05, 3.63) is 17.8 Å². The molecule has 0 fully saturated rings. The molecule has 0 atom stereocenters. The van der Waals surface area contributed by atoms with E-state index in [1.807, 2.05) is 13.0 Å². The summed E-state index contributed by atoms with van der Waals surface area (Å²) in [6.45, 7) is 5.16. The first kappa shape index (κ1) is 9.84. The van der Waals surface area contributed by atoms with Gasteiger partial charge in [0.2, 0.25) is 0 Å². The predicted molar refractivity (Wildman–Crippen MR) is 56.8 cm³/mol. The van der Waals surface area contributed by atoms with Crippen LogP contribution in [0.2, 0.25) is 0 Å². The van der Waals surface area contributed by atoms with Crippen molar-refractivity contribution in [1.29, 1.82) is 0 Å². The highest BCUT2D eigenvalue weighted by molar-refractivity contribution is 5.50. The fraction of sp³-hybridized carbons (Fsp3) is 0.500. The van der Waals surface area contributed by atoms with Gasteiger partial charge >= 0.3 is 0 Å². The third kappa shape index (κ3) is 2.93. The van der Waals surface area contributed by atoms with Gasteiger partial charge in [-0.25, -0.2) is 4.98 Å². The molecule has 3 nitrogen and oxygen atoms in total. The van der Waals surface area contributed by atoms with E-state index >= 15 is 0 Å². The number of pyridine rings is 1. The van der Waals surface area contributed by atoms with Gasteiger partial charge in [0, 0.05) is 6.54 Å². The van der Waals surface area contributed by atoms with Gasteiger partial charge in [-0.3, -0.25) is 0 Å². The summed E-state index contributed by atoms with van der Waals surface area (Å²) in [7, 11) is 0. The van der Waals surface area contributed by atoms with E-state index in [1.54, 1.807) is 6.20 Å². The Hall–Kier alpha value is -1.25. The van der Waals surface area contributed by atoms with Gasteiger partial charge in [-0.15, -0.1) is 0 Å². The van der Waals surface area contributed by atoms with Crippen LogP contribution in [0.1, 0.15) is 25.3 Å². The third-order valence-corrected chi connectivity index (χ3v) is 1.92. The van der Waals surface area contributed by atoms with Gasteiger partial charge in [-0.2, -0.15) is 0 Å². The molecule has 1 aromatic heterocycles. The second kappa shape index (κ2) is 4.70. The Kier molecular flexibility index (Phi) is 3.55. The Bertz CT molecular complexity index is 271. The summed E-state index contributed by atoms with van der Waals surface area (Å²) in [6, 6.07) is 1.93. The molecule has 0 saturated carbocycles. The van der Waals surface area contributed by atoms with Crippen molar-refractivity contribution < 1.29 is 0 Å². The summed E-state index contributed by atoms with van der Waals surface area (Å²) in [5, 5.41) is 3.27. The van der Waals surface area contributed by atoms with Crippen molar-refractivity contribution in [3.63, 3.8) is 0 Å². The molecule has 72 valence electrons. The molecule has 3 N–H and O–H groups in total. The summed E-state index contributed by atoms with van der Waals surface area (Å²) >= 11 is 0. The highest BCUT2D eigenvalue weighted by Crippen LogP contribution is 2.13. The van der Waals surface area contributed by atoms with Gasteiger partial charge in [-0.1, -0.05) is 13.3 Å². The van der Waals surface area contributed by atoms with Crippen LogP contribution in [0.25, 0.3) is 0 Å². The molecule has 0 amide bonds. The van der Waals surface area contributed by atoms with Crippen molar-refractivity contribution in [1.82, 2.24) is 4.98 Å². The lowest BCUT2D eigenvalue weighted by atomic mass is 10.2. The van der Waals surface area contributed by atoms with E-state index in [0.717, 1.165) is 23.6 Å². The number of hydrogen-bond donors (Lipinski definition) is 2. The molecule has 3 heteroatoms. The molecule has 0 radical (unpaired) electrons. The van der Waals surface area contributed by atoms with Crippen molar-refractivity contribution >= 4 is 11.5 Å². The Balaban J connectivity index is 2.56. The summed E-state index contributed by atoms with van der Waals surface area (Å²) < 4.78 is 0. The summed E-state index contributed by atoms with van der Waals surface area (Å²) in [5.74, 6) is 0.947. The molecule has 0 bridgehead atoms. The van der Waals surface area contributed by atoms with E-state index < -0.39 is 0 Å². The first-order valence-electron chi connectivity index (χ1n) is 4.70. The standard InChI is InChI=1S/C10H17N3/c1-3-4-5-12-10-8(2)6-9(11)7-13-10/h6-7H,3-5,11H2,1-2H3,(H,12,13). The maximum absolute atomic E-state index is 5.59. The molecule has 1 heterocycles. The van der Waals surface area contributed by atoms with E-state index in [9.17, 15) is 0 Å². The van der Waals surface area contributed by atoms with Crippen LogP contribution in [0, 0.1) is 6.92 Å². The van der Waals surface area contributed by atoms with Crippen molar-refractivity contribution in [2.75, 3.05) is 17.6 Å². The van der Waals surface area contributed by atoms with Gasteiger partial charge in [-0.05, 0) is 25.0 Å². The highest BCUT2D eigenvalue weighted by Gasteiger charge is 1.98. The largest absolute Gasteiger partial charge is 0.397 e. The van der Waals surface area contributed by atoms with Crippen LogP contribution >= 0.6 is 0 Å². The number of rotatable bonds is 4. The number of nitrogen functional groups attached to an aromatic ring is 1. The van der Waals surface area contributed by atoms with Gasteiger partial charge in [0.05, 0.1) is 11.9 Å². The molecule has 0 aliphatic carbocycles. The van der Waals surface area contributed by atoms with E-state index in [-0.39, 0.29) is 0 Å². The van der Waals surface area contributed by atoms with Crippen molar-refractivity contribution in [2.45, 2.75) is 26.7 Å². The minimum atomic E-state index is 0.721. The minimum absolute atomic E-state index is 0.721. The van der Waals surface area contributed by atoms with Crippen LogP contribution < -0.4 is 11.1 Å².